The van der Waals surface area contributed by atoms with Gasteiger partial charge in [-0.2, -0.15) is 31.5 Å². The molecular weight excluding hydrogens is 554 g/mol. The van der Waals surface area contributed by atoms with Gasteiger partial charge >= 0.3 is 12.4 Å². The lowest BCUT2D eigenvalue weighted by Crippen LogP contribution is -2.63. The average Bonchev–Trinajstić information content (AvgIpc) is 2.87. The molecule has 1 fully saturated rings. The van der Waals surface area contributed by atoms with E-state index in [0.717, 1.165) is 11.0 Å². The second-order valence-electron chi connectivity index (χ2n) is 9.32. The Kier molecular flexibility index (Phi) is 8.05. The zero-order chi connectivity index (χ0) is 29.4. The van der Waals surface area contributed by atoms with Crippen LogP contribution in [0.5, 0.6) is 0 Å². The van der Waals surface area contributed by atoms with Gasteiger partial charge in [0.1, 0.15) is 17.9 Å². The number of amides is 3. The van der Waals surface area contributed by atoms with E-state index in [1.54, 1.807) is 4.90 Å². The number of hydrogen-bond acceptors (Lipinski definition) is 8. The molecule has 0 spiro atoms. The average molecular weight is 578 g/mol. The molecule has 0 bridgehead atoms. The third kappa shape index (κ3) is 6.03. The number of fused-ring (bicyclic) bond motifs is 3. The minimum atomic E-state index is -4.90. The Morgan fingerprint density at radius 1 is 1.18 bits per heavy atom. The molecule has 0 radical (unpaired) electrons. The molecule has 3 amide bonds. The number of aromatic nitrogens is 1. The van der Waals surface area contributed by atoms with Gasteiger partial charge in [-0.1, -0.05) is 0 Å². The first kappa shape index (κ1) is 29.2. The fraction of sp³-hybridized carbons (Fsp3) is 0.565. The van der Waals surface area contributed by atoms with E-state index >= 15 is 0 Å². The molecule has 0 aliphatic carbocycles. The van der Waals surface area contributed by atoms with E-state index in [4.69, 9.17) is 9.47 Å². The summed E-state index contributed by atoms with van der Waals surface area (Å²) < 4.78 is 89.4. The maximum Gasteiger partial charge on any atom is 0.417 e. The predicted molar refractivity (Wildman–Crippen MR) is 124 cm³/mol. The quantitative estimate of drug-likeness (QED) is 0.361. The molecule has 11 nitrogen and oxygen atoms in total. The zero-order valence-electron chi connectivity index (χ0n) is 21.2. The van der Waals surface area contributed by atoms with Crippen molar-refractivity contribution in [3.8, 4) is 0 Å². The number of carbonyl (C=O) groups is 3. The van der Waals surface area contributed by atoms with Gasteiger partial charge < -0.3 is 24.2 Å². The number of hydrogen-bond donors (Lipinski definition) is 0. The zero-order valence-corrected chi connectivity index (χ0v) is 21.2. The third-order valence-corrected chi connectivity index (χ3v) is 6.51. The maximum absolute atomic E-state index is 13.2. The lowest BCUT2D eigenvalue weighted by Gasteiger charge is -2.46. The van der Waals surface area contributed by atoms with Crippen molar-refractivity contribution in [3.63, 3.8) is 0 Å². The van der Waals surface area contributed by atoms with Crippen LogP contribution < -0.4 is 9.80 Å². The smallest absolute Gasteiger partial charge is 0.417 e. The number of azo groups is 1. The monoisotopic (exact) mass is 578 g/mol. The second-order valence-corrected chi connectivity index (χ2v) is 9.32. The van der Waals surface area contributed by atoms with Gasteiger partial charge in [0, 0.05) is 26.3 Å². The summed E-state index contributed by atoms with van der Waals surface area (Å²) in [6, 6.07) is 0.0329. The Balaban J connectivity index is 1.28. The summed E-state index contributed by atoms with van der Waals surface area (Å²) in [5, 5.41) is 6.11. The number of piperazine rings is 1. The molecule has 1 aromatic rings. The first-order valence-electron chi connectivity index (χ1n) is 12.0. The summed E-state index contributed by atoms with van der Waals surface area (Å²) in [4.78, 5) is 45.3. The summed E-state index contributed by atoms with van der Waals surface area (Å²) >= 11 is 0. The van der Waals surface area contributed by atoms with Gasteiger partial charge in [0.2, 0.25) is 5.91 Å². The van der Waals surface area contributed by atoms with Gasteiger partial charge in [0.15, 0.2) is 11.7 Å². The molecule has 1 unspecified atom stereocenters. The topological polar surface area (TPSA) is 117 Å². The number of pyridine rings is 1. The molecule has 1 aromatic heterocycles. The van der Waals surface area contributed by atoms with Gasteiger partial charge in [-0.15, -0.1) is 5.11 Å². The summed E-state index contributed by atoms with van der Waals surface area (Å²) in [6.07, 6.45) is -9.12. The molecule has 17 heteroatoms. The molecule has 0 aromatic carbocycles. The third-order valence-electron chi connectivity index (χ3n) is 6.51. The molecule has 3 aliphatic rings. The van der Waals surface area contributed by atoms with Crippen LogP contribution in [0.4, 0.5) is 37.8 Å². The number of likely N-dealkylation sites (N-methyl/N-ethyl adjacent to an activating group) is 1. The number of alkyl halides is 6. The van der Waals surface area contributed by atoms with E-state index in [0.29, 0.717) is 12.4 Å². The van der Waals surface area contributed by atoms with Gasteiger partial charge in [0.25, 0.3) is 11.8 Å². The Bertz CT molecular complexity index is 1240. The fourth-order valence-corrected chi connectivity index (χ4v) is 4.52. The molecule has 3 atom stereocenters. The molecule has 0 saturated carbocycles. The SMILES string of the molecule is C[C@H](COCCC(=O)N1CCN2c3ncc(C(F)(F)F)cc3N(C)C(=O)[C@H]2C1)OC1=CN=NC(=O)C1C(F)(F)F. The highest BCUT2D eigenvalue weighted by molar-refractivity contribution is 6.05. The number of nitrogens with zero attached hydrogens (tertiary/aromatic N) is 6. The van der Waals surface area contributed by atoms with Crippen LogP contribution in [0, 0.1) is 5.92 Å². The minimum Gasteiger partial charge on any atom is -0.490 e. The number of anilines is 2. The van der Waals surface area contributed by atoms with E-state index < -0.39 is 53.6 Å². The van der Waals surface area contributed by atoms with Crippen molar-refractivity contribution < 1.29 is 50.2 Å². The first-order chi connectivity index (χ1) is 18.7. The van der Waals surface area contributed by atoms with Crippen molar-refractivity contribution in [3.05, 3.63) is 29.8 Å². The van der Waals surface area contributed by atoms with E-state index in [1.807, 2.05) is 0 Å². The molecule has 40 heavy (non-hydrogen) atoms. The Hall–Kier alpha value is -3.76. The van der Waals surface area contributed by atoms with E-state index in [9.17, 15) is 40.7 Å². The molecule has 4 heterocycles. The highest BCUT2D eigenvalue weighted by Gasteiger charge is 2.50. The van der Waals surface area contributed by atoms with Crippen LogP contribution in [0.1, 0.15) is 18.9 Å². The van der Waals surface area contributed by atoms with Crippen LogP contribution >= 0.6 is 0 Å². The summed E-state index contributed by atoms with van der Waals surface area (Å²) in [7, 11) is 1.34. The van der Waals surface area contributed by atoms with Gasteiger partial charge in [0.05, 0.1) is 43.6 Å². The van der Waals surface area contributed by atoms with Crippen molar-refractivity contribution in [1.29, 1.82) is 0 Å². The first-order valence-corrected chi connectivity index (χ1v) is 12.0. The van der Waals surface area contributed by atoms with Crippen molar-refractivity contribution >= 4 is 29.2 Å². The van der Waals surface area contributed by atoms with Crippen LogP contribution in [-0.2, 0) is 30.0 Å². The minimum absolute atomic E-state index is 0.0147. The number of carbonyl (C=O) groups excluding carboxylic acids is 3. The molecular formula is C23H24F6N6O5. The number of rotatable bonds is 7. The molecule has 4 rings (SSSR count). The van der Waals surface area contributed by atoms with Crippen LogP contribution in [0.2, 0.25) is 0 Å². The second kappa shape index (κ2) is 11.0. The van der Waals surface area contributed by atoms with Crippen molar-refractivity contribution in [2.45, 2.75) is 37.8 Å². The normalized spacial score (nSPS) is 22.1. The molecule has 218 valence electrons. The highest BCUT2D eigenvalue weighted by atomic mass is 19.4. The highest BCUT2D eigenvalue weighted by Crippen LogP contribution is 2.39. The van der Waals surface area contributed by atoms with Crippen LogP contribution in [-0.4, -0.2) is 85.8 Å². The molecule has 1 saturated heterocycles. The van der Waals surface area contributed by atoms with Crippen LogP contribution in [0.3, 0.4) is 0 Å². The Labute approximate surface area is 223 Å². The standard InChI is InChI=1S/C23H24F6N6O5/c1-12(40-16-9-31-32-20(37)18(16)23(27,28)29)11-39-6-3-17(36)34-4-5-35-15(10-34)21(38)33(2)14-7-13(22(24,25)26)8-30-19(14)35/h7-9,12,15,18H,3-6,10-11H2,1-2H3/t12-,15-,18?/m1/s1. The van der Waals surface area contributed by atoms with Crippen molar-refractivity contribution in [1.82, 2.24) is 9.88 Å². The van der Waals surface area contributed by atoms with Crippen molar-refractivity contribution in [2.75, 3.05) is 49.7 Å². The fourth-order valence-electron chi connectivity index (χ4n) is 4.52. The van der Waals surface area contributed by atoms with Crippen molar-refractivity contribution in [2.24, 2.45) is 16.1 Å². The largest absolute Gasteiger partial charge is 0.490 e. The summed E-state index contributed by atoms with van der Waals surface area (Å²) in [5.41, 5.74) is -0.953. The lowest BCUT2D eigenvalue weighted by atomic mass is 10.0. The van der Waals surface area contributed by atoms with Gasteiger partial charge in [-0.3, -0.25) is 14.4 Å². The summed E-state index contributed by atoms with van der Waals surface area (Å²) in [5.74, 6) is -5.37. The van der Waals surface area contributed by atoms with Gasteiger partial charge in [-0.05, 0) is 13.0 Å². The van der Waals surface area contributed by atoms with E-state index in [-0.39, 0.29) is 56.7 Å². The van der Waals surface area contributed by atoms with Gasteiger partial charge in [-0.25, -0.2) is 4.98 Å². The summed E-state index contributed by atoms with van der Waals surface area (Å²) in [6.45, 7) is 1.46. The molecule has 0 N–H and O–H groups in total. The lowest BCUT2D eigenvalue weighted by molar-refractivity contribution is -0.183. The van der Waals surface area contributed by atoms with Crippen LogP contribution in [0.15, 0.2) is 34.5 Å². The predicted octanol–water partition coefficient (Wildman–Crippen LogP) is 2.92. The Morgan fingerprint density at radius 2 is 1.90 bits per heavy atom. The number of halogens is 6. The van der Waals surface area contributed by atoms with E-state index in [1.165, 1.54) is 18.9 Å². The number of ether oxygens (including phenoxy) is 2. The maximum atomic E-state index is 13.2. The Morgan fingerprint density at radius 3 is 2.58 bits per heavy atom. The van der Waals surface area contributed by atoms with Crippen LogP contribution in [0.25, 0.3) is 0 Å². The van der Waals surface area contributed by atoms with E-state index in [2.05, 4.69) is 15.2 Å². The molecule has 3 aliphatic heterocycles.